The first kappa shape index (κ1) is 13.8. The zero-order valence-electron chi connectivity index (χ0n) is 11.7. The van der Waals surface area contributed by atoms with Crippen LogP contribution in [0.2, 0.25) is 0 Å². The summed E-state index contributed by atoms with van der Waals surface area (Å²) in [6, 6.07) is 0. The van der Waals surface area contributed by atoms with Crippen molar-refractivity contribution in [3.63, 3.8) is 0 Å². The van der Waals surface area contributed by atoms with Gasteiger partial charge >= 0.3 is 0 Å². The van der Waals surface area contributed by atoms with Crippen LogP contribution in [0.4, 0.5) is 5.82 Å². The van der Waals surface area contributed by atoms with E-state index in [1.807, 2.05) is 20.8 Å². The molecule has 2 aromatic rings. The number of imidazole rings is 1. The number of aryl methyl sites for hydroxylation is 3. The van der Waals surface area contributed by atoms with Crippen LogP contribution in [0.15, 0.2) is 0 Å². The second-order valence-electron chi connectivity index (χ2n) is 4.62. The third kappa shape index (κ3) is 2.54. The van der Waals surface area contributed by atoms with Crippen LogP contribution in [0.1, 0.15) is 17.1 Å². The molecule has 2 heterocycles. The molecule has 0 aliphatic carbocycles. The Bertz CT molecular complexity index is 590. The van der Waals surface area contributed by atoms with Gasteiger partial charge in [0.1, 0.15) is 11.3 Å². The summed E-state index contributed by atoms with van der Waals surface area (Å²) >= 11 is 0. The highest BCUT2D eigenvalue weighted by molar-refractivity contribution is 5.88. The largest absolute Gasteiger partial charge is 0.382 e. The number of anilines is 1. The zero-order valence-corrected chi connectivity index (χ0v) is 11.7. The fourth-order valence-electron chi connectivity index (χ4n) is 2.23. The van der Waals surface area contributed by atoms with Gasteiger partial charge in [-0.15, -0.1) is 0 Å². The highest BCUT2D eigenvalue weighted by atomic mass is 16.5. The number of hydrogen-bond donors (Lipinski definition) is 2. The number of fused-ring (bicyclic) bond motifs is 1. The molecule has 6 heteroatoms. The van der Waals surface area contributed by atoms with Crippen LogP contribution in [0.5, 0.6) is 0 Å². The van der Waals surface area contributed by atoms with Crippen molar-refractivity contribution in [1.82, 2.24) is 14.5 Å². The van der Waals surface area contributed by atoms with Crippen LogP contribution in [0.25, 0.3) is 11.0 Å². The van der Waals surface area contributed by atoms with Crippen molar-refractivity contribution in [3.05, 3.63) is 17.1 Å². The average Bonchev–Trinajstić information content (AvgIpc) is 2.70. The lowest BCUT2D eigenvalue weighted by Gasteiger charge is -2.10. The van der Waals surface area contributed by atoms with E-state index in [1.54, 1.807) is 0 Å². The molecular formula is C13H21N5O. The molecule has 2 rings (SSSR count). The number of nitrogens with zero attached hydrogens (tertiary/aromatic N) is 3. The molecule has 0 atom stereocenters. The minimum absolute atomic E-state index is 0.489. The quantitative estimate of drug-likeness (QED) is 0.782. The number of ether oxygens (including phenoxy) is 1. The summed E-state index contributed by atoms with van der Waals surface area (Å²) in [5.41, 5.74) is 15.2. The second kappa shape index (κ2) is 5.54. The van der Waals surface area contributed by atoms with Gasteiger partial charge in [0.05, 0.1) is 18.7 Å². The van der Waals surface area contributed by atoms with Crippen molar-refractivity contribution in [2.75, 3.05) is 25.5 Å². The van der Waals surface area contributed by atoms with Gasteiger partial charge in [0.15, 0.2) is 5.82 Å². The average molecular weight is 263 g/mol. The maximum atomic E-state index is 5.95. The smallest absolute Gasteiger partial charge is 0.151 e. The van der Waals surface area contributed by atoms with Crippen LogP contribution in [-0.4, -0.2) is 34.3 Å². The normalized spacial score (nSPS) is 11.4. The number of pyridine rings is 1. The Kier molecular flexibility index (Phi) is 4.01. The number of nitrogen functional groups attached to an aromatic ring is 1. The maximum absolute atomic E-state index is 5.95. The van der Waals surface area contributed by atoms with Gasteiger partial charge in [0, 0.05) is 18.8 Å². The summed E-state index contributed by atoms with van der Waals surface area (Å²) in [7, 11) is 0. The van der Waals surface area contributed by atoms with Crippen LogP contribution in [-0.2, 0) is 11.3 Å². The molecule has 104 valence electrons. The SMILES string of the molecule is Cc1nc(N)c2nc(C)n(CCOCCN)c2c1C. The molecule has 0 bridgehead atoms. The first-order chi connectivity index (χ1) is 9.06. The summed E-state index contributed by atoms with van der Waals surface area (Å²) in [5, 5.41) is 0. The van der Waals surface area contributed by atoms with Crippen LogP contribution >= 0.6 is 0 Å². The Labute approximate surface area is 112 Å². The van der Waals surface area contributed by atoms with E-state index >= 15 is 0 Å². The fraction of sp³-hybridized carbons (Fsp3) is 0.538. The van der Waals surface area contributed by atoms with E-state index in [0.29, 0.717) is 25.6 Å². The molecule has 0 aliphatic rings. The first-order valence-electron chi connectivity index (χ1n) is 6.43. The Hall–Kier alpha value is -1.66. The van der Waals surface area contributed by atoms with Gasteiger partial charge in [-0.25, -0.2) is 9.97 Å². The van der Waals surface area contributed by atoms with E-state index in [-0.39, 0.29) is 0 Å². The highest BCUT2D eigenvalue weighted by Gasteiger charge is 2.15. The molecule has 6 nitrogen and oxygen atoms in total. The third-order valence-electron chi connectivity index (χ3n) is 3.31. The van der Waals surface area contributed by atoms with E-state index < -0.39 is 0 Å². The maximum Gasteiger partial charge on any atom is 0.151 e. The number of aromatic nitrogens is 3. The molecule has 0 unspecified atom stereocenters. The monoisotopic (exact) mass is 263 g/mol. The molecule has 0 amide bonds. The second-order valence-corrected chi connectivity index (χ2v) is 4.62. The summed E-state index contributed by atoms with van der Waals surface area (Å²) in [4.78, 5) is 8.83. The standard InChI is InChI=1S/C13H21N5O/c1-8-9(2)16-13(15)11-12(8)18(10(3)17-11)5-7-19-6-4-14/h4-7,14H2,1-3H3,(H2,15,16). The molecule has 0 spiro atoms. The summed E-state index contributed by atoms with van der Waals surface area (Å²) in [6.45, 7) is 8.45. The predicted molar refractivity (Wildman–Crippen MR) is 76.0 cm³/mol. The lowest BCUT2D eigenvalue weighted by Crippen LogP contribution is -2.13. The number of nitrogens with two attached hydrogens (primary N) is 2. The van der Waals surface area contributed by atoms with E-state index in [9.17, 15) is 0 Å². The topological polar surface area (TPSA) is 92.0 Å². The molecule has 19 heavy (non-hydrogen) atoms. The molecule has 0 aromatic carbocycles. The summed E-state index contributed by atoms with van der Waals surface area (Å²) < 4.78 is 7.57. The van der Waals surface area contributed by atoms with Crippen molar-refractivity contribution in [2.45, 2.75) is 27.3 Å². The first-order valence-corrected chi connectivity index (χ1v) is 6.43. The molecule has 0 radical (unpaired) electrons. The van der Waals surface area contributed by atoms with E-state index in [1.165, 1.54) is 0 Å². The lowest BCUT2D eigenvalue weighted by atomic mass is 10.2. The van der Waals surface area contributed by atoms with Crippen molar-refractivity contribution in [3.8, 4) is 0 Å². The minimum Gasteiger partial charge on any atom is -0.382 e. The van der Waals surface area contributed by atoms with Gasteiger partial charge < -0.3 is 20.8 Å². The fourth-order valence-corrected chi connectivity index (χ4v) is 2.23. The van der Waals surface area contributed by atoms with Crippen molar-refractivity contribution >= 4 is 16.9 Å². The molecule has 2 aromatic heterocycles. The van der Waals surface area contributed by atoms with Gasteiger partial charge in [0.25, 0.3) is 0 Å². The zero-order chi connectivity index (χ0) is 14.0. The minimum atomic E-state index is 0.489. The molecule has 0 fully saturated rings. The van der Waals surface area contributed by atoms with Crippen molar-refractivity contribution in [1.29, 1.82) is 0 Å². The van der Waals surface area contributed by atoms with Crippen LogP contribution in [0.3, 0.4) is 0 Å². The molecule has 4 N–H and O–H groups in total. The van der Waals surface area contributed by atoms with Gasteiger partial charge in [-0.3, -0.25) is 0 Å². The van der Waals surface area contributed by atoms with Crippen molar-refractivity contribution in [2.24, 2.45) is 5.73 Å². The number of hydrogen-bond acceptors (Lipinski definition) is 5. The van der Waals surface area contributed by atoms with Gasteiger partial charge in [-0.1, -0.05) is 0 Å². The van der Waals surface area contributed by atoms with Gasteiger partial charge in [-0.2, -0.15) is 0 Å². The summed E-state index contributed by atoms with van der Waals surface area (Å²) in [6.07, 6.45) is 0. The van der Waals surface area contributed by atoms with E-state index in [0.717, 1.165) is 34.7 Å². The molecular weight excluding hydrogens is 242 g/mol. The molecule has 0 saturated carbocycles. The predicted octanol–water partition coefficient (Wildman–Crippen LogP) is 0.914. The summed E-state index contributed by atoms with van der Waals surface area (Å²) in [5.74, 6) is 1.41. The Morgan fingerprint density at radius 3 is 2.58 bits per heavy atom. The van der Waals surface area contributed by atoms with Crippen LogP contribution < -0.4 is 11.5 Å². The molecule has 0 aliphatic heterocycles. The van der Waals surface area contributed by atoms with Crippen LogP contribution in [0, 0.1) is 20.8 Å². The third-order valence-corrected chi connectivity index (χ3v) is 3.31. The Balaban J connectivity index is 2.40. The molecule has 0 saturated heterocycles. The highest BCUT2D eigenvalue weighted by Crippen LogP contribution is 2.25. The van der Waals surface area contributed by atoms with Crippen molar-refractivity contribution < 1.29 is 4.74 Å². The van der Waals surface area contributed by atoms with E-state index in [2.05, 4.69) is 14.5 Å². The van der Waals surface area contributed by atoms with E-state index in [4.69, 9.17) is 16.2 Å². The van der Waals surface area contributed by atoms with Gasteiger partial charge in [-0.05, 0) is 26.3 Å². The lowest BCUT2D eigenvalue weighted by molar-refractivity contribution is 0.133. The number of rotatable bonds is 5. The van der Waals surface area contributed by atoms with Gasteiger partial charge in [0.2, 0.25) is 0 Å². The Morgan fingerprint density at radius 1 is 1.16 bits per heavy atom. The Morgan fingerprint density at radius 2 is 1.89 bits per heavy atom.